The number of para-hydroxylation sites is 1. The second-order valence-electron chi connectivity index (χ2n) is 7.05. The number of rotatable bonds is 8. The molecule has 1 N–H and O–H groups in total. The van der Waals surface area contributed by atoms with Crippen LogP contribution in [-0.2, 0) is 4.74 Å². The van der Waals surface area contributed by atoms with Crippen molar-refractivity contribution in [1.82, 2.24) is 14.9 Å². The molecular weight excluding hydrogens is 424 g/mol. The molecule has 3 rings (SSSR count). The lowest BCUT2D eigenvalue weighted by molar-refractivity contribution is 0.0519. The van der Waals surface area contributed by atoms with Crippen molar-refractivity contribution in [2.24, 2.45) is 0 Å². The van der Waals surface area contributed by atoms with E-state index in [-0.39, 0.29) is 6.61 Å². The van der Waals surface area contributed by atoms with Crippen molar-refractivity contribution in [3.63, 3.8) is 0 Å². The van der Waals surface area contributed by atoms with Crippen molar-refractivity contribution in [2.45, 2.75) is 25.3 Å². The highest BCUT2D eigenvalue weighted by Crippen LogP contribution is 2.26. The molecule has 0 unspecified atom stereocenters. The quantitative estimate of drug-likeness (QED) is 0.286. The van der Waals surface area contributed by atoms with Crippen molar-refractivity contribution in [2.75, 3.05) is 50.0 Å². The summed E-state index contributed by atoms with van der Waals surface area (Å²) in [6.45, 7) is 8.53. The molecule has 0 amide bonds. The fraction of sp³-hybridized carbons (Fsp3) is 0.476. The third kappa shape index (κ3) is 5.77. The molecule has 7 nitrogen and oxygen atoms in total. The Morgan fingerprint density at radius 2 is 2.00 bits per heavy atom. The minimum absolute atomic E-state index is 0.279. The van der Waals surface area contributed by atoms with E-state index in [9.17, 15) is 9.59 Å². The Morgan fingerprint density at radius 1 is 1.27 bits per heavy atom. The van der Waals surface area contributed by atoms with Gasteiger partial charge >= 0.3 is 11.7 Å². The monoisotopic (exact) mass is 450 g/mol. The number of esters is 1. The number of thioether (sulfide) groups is 1. The molecule has 1 saturated heterocycles. The van der Waals surface area contributed by atoms with Gasteiger partial charge in [0.05, 0.1) is 17.3 Å². The van der Waals surface area contributed by atoms with Crippen molar-refractivity contribution < 1.29 is 9.53 Å². The van der Waals surface area contributed by atoms with Crippen molar-refractivity contribution in [1.29, 1.82) is 0 Å². The first-order valence-corrected chi connectivity index (χ1v) is 11.5. The summed E-state index contributed by atoms with van der Waals surface area (Å²) >= 11 is 7.74. The van der Waals surface area contributed by atoms with Crippen LogP contribution in [0.3, 0.4) is 0 Å². The molecule has 1 aliphatic heterocycles. The van der Waals surface area contributed by atoms with Crippen LogP contribution in [-0.4, -0.2) is 65.9 Å². The molecule has 0 atom stereocenters. The van der Waals surface area contributed by atoms with Gasteiger partial charge in [-0.05, 0) is 38.9 Å². The van der Waals surface area contributed by atoms with Gasteiger partial charge in [-0.25, -0.2) is 9.59 Å². The fourth-order valence-corrected chi connectivity index (χ4v) is 4.74. The number of halogens is 1. The van der Waals surface area contributed by atoms with Gasteiger partial charge in [0, 0.05) is 37.6 Å². The molecule has 0 saturated carbocycles. The number of hydrogen-bond donors (Lipinski definition) is 1. The van der Waals surface area contributed by atoms with E-state index in [4.69, 9.17) is 16.3 Å². The van der Waals surface area contributed by atoms with Gasteiger partial charge in [0.1, 0.15) is 10.6 Å². The van der Waals surface area contributed by atoms with Crippen LogP contribution in [0, 0.1) is 6.92 Å². The first-order valence-electron chi connectivity index (χ1n) is 10.1. The molecule has 2 aromatic rings. The highest BCUT2D eigenvalue weighted by Gasteiger charge is 2.20. The number of piperazine rings is 1. The van der Waals surface area contributed by atoms with Crippen LogP contribution in [0.25, 0.3) is 0 Å². The van der Waals surface area contributed by atoms with Gasteiger partial charge in [-0.1, -0.05) is 23.7 Å². The topological polar surface area (TPSA) is 78.5 Å². The summed E-state index contributed by atoms with van der Waals surface area (Å²) in [6, 6.07) is 7.95. The summed E-state index contributed by atoms with van der Waals surface area (Å²) in [5, 5.41) is 1.23. The number of hydrogen-bond acceptors (Lipinski definition) is 7. The van der Waals surface area contributed by atoms with Crippen LogP contribution in [0.4, 0.5) is 5.69 Å². The Balaban J connectivity index is 1.49. The maximum atomic E-state index is 12.2. The minimum atomic E-state index is -0.447. The Kier molecular flexibility index (Phi) is 8.18. The molecule has 0 aliphatic carbocycles. The largest absolute Gasteiger partial charge is 0.462 e. The average Bonchev–Trinajstić information content (AvgIpc) is 2.72. The highest BCUT2D eigenvalue weighted by atomic mass is 35.5. The van der Waals surface area contributed by atoms with Crippen molar-refractivity contribution in [3.8, 4) is 0 Å². The molecule has 162 valence electrons. The fourth-order valence-electron chi connectivity index (χ4n) is 3.49. The lowest BCUT2D eigenvalue weighted by Crippen LogP contribution is -2.46. The van der Waals surface area contributed by atoms with Crippen molar-refractivity contribution >= 4 is 35.0 Å². The van der Waals surface area contributed by atoms with Crippen LogP contribution < -0.4 is 10.6 Å². The molecule has 2 heterocycles. The zero-order chi connectivity index (χ0) is 21.5. The van der Waals surface area contributed by atoms with E-state index in [1.807, 2.05) is 18.2 Å². The maximum Gasteiger partial charge on any atom is 0.346 e. The summed E-state index contributed by atoms with van der Waals surface area (Å²) in [5.74, 6) is 0.324. The van der Waals surface area contributed by atoms with E-state index in [0.29, 0.717) is 16.3 Å². The Labute approximate surface area is 185 Å². The normalized spacial score (nSPS) is 14.7. The van der Waals surface area contributed by atoms with Gasteiger partial charge in [-0.2, -0.15) is 4.98 Å². The lowest BCUT2D eigenvalue weighted by Gasteiger charge is -2.36. The van der Waals surface area contributed by atoms with Gasteiger partial charge in [-0.3, -0.25) is 4.90 Å². The number of ether oxygens (including phenoxy) is 1. The first kappa shape index (κ1) is 22.7. The SMILES string of the molecule is CCOC(=O)c1c(SCCCN2CCN(c3ccccc3Cl)CC2)nc(=O)[nH]c1C. The van der Waals surface area contributed by atoms with Crippen LogP contribution in [0.5, 0.6) is 0 Å². The molecule has 0 radical (unpaired) electrons. The zero-order valence-corrected chi connectivity index (χ0v) is 18.9. The number of benzene rings is 1. The summed E-state index contributed by atoms with van der Waals surface area (Å²) in [5.41, 5.74) is 1.50. The van der Waals surface area contributed by atoms with E-state index in [2.05, 4.69) is 25.8 Å². The summed E-state index contributed by atoms with van der Waals surface area (Å²) in [6.07, 6.45) is 0.937. The standard InChI is InChI=1S/C21H27ClN4O3S/c1-3-29-20(27)18-15(2)23-21(28)24-19(18)30-14-6-9-25-10-12-26(13-11-25)17-8-5-4-7-16(17)22/h4-5,7-8H,3,6,9-14H2,1-2H3,(H,23,24,28). The van der Waals surface area contributed by atoms with Gasteiger partial charge in [0.25, 0.3) is 0 Å². The Hall–Kier alpha value is -2.03. The van der Waals surface area contributed by atoms with E-state index in [1.165, 1.54) is 11.8 Å². The van der Waals surface area contributed by atoms with Gasteiger partial charge in [0.15, 0.2) is 0 Å². The number of anilines is 1. The predicted octanol–water partition coefficient (Wildman–Crippen LogP) is 3.21. The zero-order valence-electron chi connectivity index (χ0n) is 17.3. The molecule has 0 spiro atoms. The lowest BCUT2D eigenvalue weighted by atomic mass is 10.2. The second-order valence-corrected chi connectivity index (χ2v) is 8.54. The summed E-state index contributed by atoms with van der Waals surface area (Å²) in [7, 11) is 0. The number of aromatic amines is 1. The average molecular weight is 451 g/mol. The maximum absolute atomic E-state index is 12.2. The van der Waals surface area contributed by atoms with Crippen LogP contribution >= 0.6 is 23.4 Å². The number of carbonyl (C=O) groups is 1. The molecule has 1 fully saturated rings. The molecule has 1 aromatic carbocycles. The van der Waals surface area contributed by atoms with E-state index < -0.39 is 11.7 Å². The number of aromatic nitrogens is 2. The number of nitrogens with zero attached hydrogens (tertiary/aromatic N) is 3. The molecule has 1 aromatic heterocycles. The van der Waals surface area contributed by atoms with Gasteiger partial charge in [-0.15, -0.1) is 11.8 Å². The third-order valence-corrected chi connectivity index (χ3v) is 6.37. The number of carbonyl (C=O) groups excluding carboxylic acids is 1. The van der Waals surface area contributed by atoms with Gasteiger partial charge in [0.2, 0.25) is 0 Å². The molecular formula is C21H27ClN4O3S. The van der Waals surface area contributed by atoms with Crippen LogP contribution in [0.1, 0.15) is 29.4 Å². The summed E-state index contributed by atoms with van der Waals surface area (Å²) < 4.78 is 5.11. The van der Waals surface area contributed by atoms with Gasteiger partial charge < -0.3 is 14.6 Å². The Morgan fingerprint density at radius 3 is 2.70 bits per heavy atom. The number of H-pyrrole nitrogens is 1. The smallest absolute Gasteiger partial charge is 0.346 e. The Bertz CT molecular complexity index is 929. The second kappa shape index (κ2) is 10.8. The molecule has 0 bridgehead atoms. The van der Waals surface area contributed by atoms with E-state index >= 15 is 0 Å². The van der Waals surface area contributed by atoms with E-state index in [0.717, 1.165) is 55.6 Å². The molecule has 1 aliphatic rings. The minimum Gasteiger partial charge on any atom is -0.462 e. The van der Waals surface area contributed by atoms with Crippen LogP contribution in [0.2, 0.25) is 5.02 Å². The van der Waals surface area contributed by atoms with Crippen molar-refractivity contribution in [3.05, 3.63) is 51.0 Å². The number of nitrogens with one attached hydrogen (secondary N) is 1. The molecule has 30 heavy (non-hydrogen) atoms. The third-order valence-electron chi connectivity index (χ3n) is 4.99. The van der Waals surface area contributed by atoms with E-state index in [1.54, 1.807) is 13.8 Å². The number of aryl methyl sites for hydroxylation is 1. The highest BCUT2D eigenvalue weighted by molar-refractivity contribution is 7.99. The predicted molar refractivity (Wildman–Crippen MR) is 121 cm³/mol. The first-order chi connectivity index (χ1) is 14.5. The van der Waals surface area contributed by atoms with Crippen LogP contribution in [0.15, 0.2) is 34.1 Å². The summed E-state index contributed by atoms with van der Waals surface area (Å²) in [4.78, 5) is 35.3. The molecule has 9 heteroatoms.